The highest BCUT2D eigenvalue weighted by molar-refractivity contribution is 7.98. The van der Waals surface area contributed by atoms with E-state index in [4.69, 9.17) is 15.9 Å². The van der Waals surface area contributed by atoms with E-state index in [0.717, 1.165) is 0 Å². The summed E-state index contributed by atoms with van der Waals surface area (Å²) < 4.78 is 0. The number of rotatable bonds is 14. The summed E-state index contributed by atoms with van der Waals surface area (Å²) in [4.78, 5) is 58.7. The molecule has 3 amide bonds. The molecule has 29 heavy (non-hydrogen) atoms. The summed E-state index contributed by atoms with van der Waals surface area (Å²) in [6.07, 6.45) is 2.07. The van der Waals surface area contributed by atoms with E-state index >= 15 is 0 Å². The second-order valence-corrected chi connectivity index (χ2v) is 7.52. The molecule has 0 fully saturated rings. The van der Waals surface area contributed by atoms with E-state index in [1.165, 1.54) is 11.8 Å². The van der Waals surface area contributed by atoms with E-state index in [1.54, 1.807) is 13.8 Å². The fourth-order valence-electron chi connectivity index (χ4n) is 2.27. The monoisotopic (exact) mass is 434 g/mol. The fraction of sp³-hybridized carbons (Fsp3) is 0.706. The molecule has 0 rings (SSSR count). The first kappa shape index (κ1) is 26.7. The highest BCUT2D eigenvalue weighted by Gasteiger charge is 2.32. The van der Waals surface area contributed by atoms with Crippen molar-refractivity contribution in [3.8, 4) is 0 Å². The Morgan fingerprint density at radius 1 is 1.00 bits per heavy atom. The van der Waals surface area contributed by atoms with Crippen LogP contribution in [0.2, 0.25) is 0 Å². The fourth-order valence-corrected chi connectivity index (χ4v) is 2.76. The van der Waals surface area contributed by atoms with Crippen LogP contribution in [0.15, 0.2) is 0 Å². The van der Waals surface area contributed by atoms with Crippen LogP contribution in [0, 0.1) is 5.92 Å². The van der Waals surface area contributed by atoms with E-state index in [-0.39, 0.29) is 5.92 Å². The Labute approximate surface area is 173 Å². The lowest BCUT2D eigenvalue weighted by Crippen LogP contribution is -2.58. The minimum Gasteiger partial charge on any atom is -0.481 e. The molecular formula is C17H30N4O7S. The summed E-state index contributed by atoms with van der Waals surface area (Å²) in [6, 6.07) is -3.33. The molecule has 0 heterocycles. The molecule has 11 nitrogen and oxygen atoms in total. The second kappa shape index (κ2) is 13.8. The molecule has 4 atom stereocenters. The number of nitrogens with one attached hydrogen (secondary N) is 3. The maximum Gasteiger partial charge on any atom is 0.322 e. The molecule has 166 valence electrons. The van der Waals surface area contributed by atoms with Gasteiger partial charge in [-0.05, 0) is 24.3 Å². The van der Waals surface area contributed by atoms with Crippen molar-refractivity contribution in [2.45, 2.75) is 51.2 Å². The molecule has 0 aromatic rings. The number of carbonyl (C=O) groups excluding carboxylic acids is 3. The first-order chi connectivity index (χ1) is 13.5. The standard InChI is InChI=1S/C17H30N4O7S/c1-4-9(2)14(21-15(26)10(18)5-6-29-3)17(28)20-11(7-12(22)23)16(27)19-8-13(24)25/h9-11,14H,4-8,18H2,1-3H3,(H,19,27)(H,20,28)(H,21,26)(H,22,23)(H,24,25). The third-order valence-corrected chi connectivity index (χ3v) is 4.83. The normalized spacial score (nSPS) is 14.8. The molecule has 0 spiro atoms. The molecule has 0 aromatic carbocycles. The molecule has 0 aliphatic heterocycles. The van der Waals surface area contributed by atoms with Gasteiger partial charge in [0.15, 0.2) is 0 Å². The van der Waals surface area contributed by atoms with Crippen LogP contribution in [0.5, 0.6) is 0 Å². The van der Waals surface area contributed by atoms with Crippen LogP contribution >= 0.6 is 11.8 Å². The Bertz CT molecular complexity index is 602. The summed E-state index contributed by atoms with van der Waals surface area (Å²) in [5.74, 6) is -4.55. The molecule has 7 N–H and O–H groups in total. The third-order valence-electron chi connectivity index (χ3n) is 4.19. The Balaban J connectivity index is 5.27. The Kier molecular flexibility index (Phi) is 12.7. The van der Waals surface area contributed by atoms with Gasteiger partial charge < -0.3 is 31.9 Å². The molecule has 4 unspecified atom stereocenters. The highest BCUT2D eigenvalue weighted by atomic mass is 32.2. The molecule has 0 radical (unpaired) electrons. The van der Waals surface area contributed by atoms with Crippen LogP contribution in [0.3, 0.4) is 0 Å². The van der Waals surface area contributed by atoms with E-state index in [1.807, 2.05) is 11.6 Å². The zero-order valence-corrected chi connectivity index (χ0v) is 17.6. The Morgan fingerprint density at radius 3 is 2.10 bits per heavy atom. The smallest absolute Gasteiger partial charge is 0.322 e. The summed E-state index contributed by atoms with van der Waals surface area (Å²) in [6.45, 7) is 2.80. The number of aliphatic carboxylic acids is 2. The van der Waals surface area contributed by atoms with Gasteiger partial charge in [-0.1, -0.05) is 20.3 Å². The van der Waals surface area contributed by atoms with E-state index < -0.39 is 60.8 Å². The number of hydrogen-bond donors (Lipinski definition) is 6. The van der Waals surface area contributed by atoms with Crippen molar-refractivity contribution in [1.82, 2.24) is 16.0 Å². The molecule has 12 heteroatoms. The molecule has 0 saturated carbocycles. The van der Waals surface area contributed by atoms with Crippen LogP contribution in [-0.4, -0.2) is 76.6 Å². The van der Waals surface area contributed by atoms with E-state index in [0.29, 0.717) is 18.6 Å². The van der Waals surface area contributed by atoms with Crippen LogP contribution in [0.1, 0.15) is 33.1 Å². The third kappa shape index (κ3) is 10.7. The SMILES string of the molecule is CCC(C)C(NC(=O)C(N)CCSC)C(=O)NC(CC(=O)O)C(=O)NCC(=O)O. The zero-order chi connectivity index (χ0) is 22.6. The van der Waals surface area contributed by atoms with E-state index in [9.17, 15) is 24.0 Å². The number of thioether (sulfide) groups is 1. The van der Waals surface area contributed by atoms with Gasteiger partial charge in [0.05, 0.1) is 12.5 Å². The van der Waals surface area contributed by atoms with Gasteiger partial charge in [-0.15, -0.1) is 0 Å². The number of carboxylic acid groups (broad SMARTS) is 2. The lowest BCUT2D eigenvalue weighted by Gasteiger charge is -2.27. The van der Waals surface area contributed by atoms with Crippen molar-refractivity contribution in [3.63, 3.8) is 0 Å². The quantitative estimate of drug-likeness (QED) is 0.194. The topological polar surface area (TPSA) is 188 Å². The van der Waals surface area contributed by atoms with Crippen LogP contribution in [-0.2, 0) is 24.0 Å². The lowest BCUT2D eigenvalue weighted by molar-refractivity contribution is -0.142. The summed E-state index contributed by atoms with van der Waals surface area (Å²) in [5, 5.41) is 24.5. The van der Waals surface area contributed by atoms with Gasteiger partial charge in [0.1, 0.15) is 18.6 Å². The van der Waals surface area contributed by atoms with Crippen molar-refractivity contribution < 1.29 is 34.2 Å². The summed E-state index contributed by atoms with van der Waals surface area (Å²) in [7, 11) is 0. The van der Waals surface area contributed by atoms with Crippen molar-refractivity contribution in [2.75, 3.05) is 18.6 Å². The predicted molar refractivity (Wildman–Crippen MR) is 107 cm³/mol. The van der Waals surface area contributed by atoms with Gasteiger partial charge in [0.25, 0.3) is 0 Å². The zero-order valence-electron chi connectivity index (χ0n) is 16.8. The number of hydrogen-bond acceptors (Lipinski definition) is 7. The first-order valence-electron chi connectivity index (χ1n) is 9.09. The highest BCUT2D eigenvalue weighted by Crippen LogP contribution is 2.10. The second-order valence-electron chi connectivity index (χ2n) is 6.53. The number of amides is 3. The van der Waals surface area contributed by atoms with Gasteiger partial charge in [-0.2, -0.15) is 11.8 Å². The largest absolute Gasteiger partial charge is 0.481 e. The molecular weight excluding hydrogens is 404 g/mol. The van der Waals surface area contributed by atoms with Crippen LogP contribution in [0.25, 0.3) is 0 Å². The number of carbonyl (C=O) groups is 5. The first-order valence-corrected chi connectivity index (χ1v) is 10.5. The van der Waals surface area contributed by atoms with Crippen molar-refractivity contribution in [2.24, 2.45) is 11.7 Å². The van der Waals surface area contributed by atoms with Gasteiger partial charge in [-0.3, -0.25) is 24.0 Å². The maximum atomic E-state index is 12.7. The molecule has 0 saturated heterocycles. The number of carboxylic acids is 2. The minimum absolute atomic E-state index is 0.320. The van der Waals surface area contributed by atoms with Crippen molar-refractivity contribution in [3.05, 3.63) is 0 Å². The Hall–Kier alpha value is -2.34. The van der Waals surface area contributed by atoms with Gasteiger partial charge in [0, 0.05) is 0 Å². The Morgan fingerprint density at radius 2 is 1.62 bits per heavy atom. The predicted octanol–water partition coefficient (Wildman–Crippen LogP) is -1.24. The molecule has 0 aromatic heterocycles. The van der Waals surface area contributed by atoms with E-state index in [2.05, 4.69) is 10.6 Å². The lowest BCUT2D eigenvalue weighted by atomic mass is 9.97. The van der Waals surface area contributed by atoms with Gasteiger partial charge in [0.2, 0.25) is 17.7 Å². The summed E-state index contributed by atoms with van der Waals surface area (Å²) >= 11 is 1.53. The number of nitrogens with two attached hydrogens (primary N) is 1. The molecule has 0 bridgehead atoms. The van der Waals surface area contributed by atoms with Crippen LogP contribution in [0.4, 0.5) is 0 Å². The summed E-state index contributed by atoms with van der Waals surface area (Å²) in [5.41, 5.74) is 5.82. The molecule has 0 aliphatic rings. The minimum atomic E-state index is -1.49. The van der Waals surface area contributed by atoms with Crippen LogP contribution < -0.4 is 21.7 Å². The van der Waals surface area contributed by atoms with Gasteiger partial charge in [-0.25, -0.2) is 0 Å². The van der Waals surface area contributed by atoms with Crippen molar-refractivity contribution in [1.29, 1.82) is 0 Å². The van der Waals surface area contributed by atoms with Gasteiger partial charge >= 0.3 is 11.9 Å². The average molecular weight is 435 g/mol. The molecule has 0 aliphatic carbocycles. The van der Waals surface area contributed by atoms with Crippen molar-refractivity contribution >= 4 is 41.4 Å². The maximum absolute atomic E-state index is 12.7. The average Bonchev–Trinajstić information content (AvgIpc) is 2.66.